The Morgan fingerprint density at radius 3 is 2.32 bits per heavy atom. The molecule has 17 nitrogen and oxygen atoms in total. The van der Waals surface area contributed by atoms with Crippen molar-refractivity contribution in [1.29, 1.82) is 0 Å². The van der Waals surface area contributed by atoms with Gasteiger partial charge in [-0.25, -0.2) is 23.1 Å². The predicted molar refractivity (Wildman–Crippen MR) is 95.7 cm³/mol. The standard InChI is InChI=1S/C10H20FN4O13P3/c1-9(13)6(16)10(11,26-7(9)15-3-2-5(12)14-8(15)17)4-25-30(21,22)28-31(23,24)27-29(18,19)20/h2-3,6-8,16-17H,4,13H2,1H3,(H2,12,14)(H,21,22)(H,23,24)(H2,18,19,20)/t6-,7+,8?,9+,10+/m0/s1. The van der Waals surface area contributed by atoms with Crippen molar-refractivity contribution in [3.63, 3.8) is 0 Å². The maximum Gasteiger partial charge on any atom is 0.490 e. The molecular formula is C10H20FN4O13P3. The number of nitrogens with zero attached hydrogens (tertiary/aromatic N) is 2. The summed E-state index contributed by atoms with van der Waals surface area (Å²) in [7, 11) is -17.2. The highest BCUT2D eigenvalue weighted by molar-refractivity contribution is 7.66. The molecule has 180 valence electrons. The molecule has 0 aromatic carbocycles. The van der Waals surface area contributed by atoms with Crippen LogP contribution in [0.4, 0.5) is 4.39 Å². The van der Waals surface area contributed by atoms with Crippen molar-refractivity contribution in [3.8, 4) is 0 Å². The Bertz CT molecular complexity index is 910. The molecule has 0 aromatic heterocycles. The third-order valence-corrected chi connectivity index (χ3v) is 7.68. The number of halogens is 1. The number of phosphoric acid groups is 3. The van der Waals surface area contributed by atoms with Crippen LogP contribution in [0.2, 0.25) is 0 Å². The van der Waals surface area contributed by atoms with E-state index in [0.29, 0.717) is 0 Å². The second kappa shape index (κ2) is 8.52. The number of rotatable bonds is 8. The lowest BCUT2D eigenvalue weighted by molar-refractivity contribution is -0.221. The van der Waals surface area contributed by atoms with Gasteiger partial charge in [0.1, 0.15) is 18.5 Å². The fourth-order valence-electron chi connectivity index (χ4n) is 2.63. The fraction of sp³-hybridized carbons (Fsp3) is 0.700. The van der Waals surface area contributed by atoms with E-state index in [1.54, 1.807) is 0 Å². The topological polar surface area (TPSA) is 277 Å². The summed E-state index contributed by atoms with van der Waals surface area (Å²) in [6, 6.07) is 0. The average Bonchev–Trinajstić information content (AvgIpc) is 2.71. The van der Waals surface area contributed by atoms with E-state index in [1.807, 2.05) is 0 Å². The van der Waals surface area contributed by atoms with Gasteiger partial charge in [-0.1, -0.05) is 0 Å². The highest BCUT2D eigenvalue weighted by Gasteiger charge is 2.63. The van der Waals surface area contributed by atoms with E-state index in [9.17, 15) is 28.8 Å². The first-order valence-electron chi connectivity index (χ1n) is 7.87. The van der Waals surface area contributed by atoms with Crippen LogP contribution >= 0.6 is 23.5 Å². The Labute approximate surface area is 173 Å². The van der Waals surface area contributed by atoms with Crippen molar-refractivity contribution in [2.75, 3.05) is 6.61 Å². The Balaban J connectivity index is 2.14. The molecule has 2 rings (SSSR count). The first-order valence-corrected chi connectivity index (χ1v) is 12.4. The number of hydrogen-bond acceptors (Lipinski definition) is 13. The Kier molecular flexibility index (Phi) is 7.26. The summed E-state index contributed by atoms with van der Waals surface area (Å²) in [4.78, 5) is 39.9. The SMILES string of the molecule is C[C@]1(N)[C@H](N2C=CC(N)=NC2O)O[C@](F)(COP(=O)(O)OP(=O)(O)OP(=O)(O)O)[C@H]1O. The summed E-state index contributed by atoms with van der Waals surface area (Å²) in [5, 5.41) is 20.2. The number of ether oxygens (including phenoxy) is 1. The van der Waals surface area contributed by atoms with Gasteiger partial charge in [0.05, 0.1) is 5.54 Å². The minimum absolute atomic E-state index is 0.0832. The molecule has 1 saturated heterocycles. The molecule has 0 saturated carbocycles. The molecule has 0 bridgehead atoms. The minimum atomic E-state index is -5.84. The molecule has 0 spiro atoms. The molecule has 0 aromatic rings. The van der Waals surface area contributed by atoms with Gasteiger partial charge in [-0.05, 0) is 13.0 Å². The highest BCUT2D eigenvalue weighted by atomic mass is 31.3. The van der Waals surface area contributed by atoms with Crippen LogP contribution in [0, 0.1) is 0 Å². The van der Waals surface area contributed by atoms with Gasteiger partial charge >= 0.3 is 23.5 Å². The number of hydrogen-bond donors (Lipinski definition) is 8. The highest BCUT2D eigenvalue weighted by Crippen LogP contribution is 2.66. The van der Waals surface area contributed by atoms with Crippen molar-refractivity contribution in [2.45, 2.75) is 37.0 Å². The van der Waals surface area contributed by atoms with E-state index < -0.39 is 60.2 Å². The third kappa shape index (κ3) is 6.37. The second-order valence-electron chi connectivity index (χ2n) is 6.55. The van der Waals surface area contributed by atoms with Gasteiger partial charge in [-0.3, -0.25) is 4.52 Å². The molecule has 7 atom stereocenters. The molecule has 0 amide bonds. The minimum Gasteiger partial charge on any atom is -0.385 e. The normalized spacial score (nSPS) is 37.9. The summed E-state index contributed by atoms with van der Waals surface area (Å²) in [6.45, 7) is -0.517. The van der Waals surface area contributed by atoms with Crippen molar-refractivity contribution >= 4 is 29.3 Å². The van der Waals surface area contributed by atoms with Crippen LogP contribution in [0.5, 0.6) is 0 Å². The number of phosphoric ester groups is 1. The summed E-state index contributed by atoms with van der Waals surface area (Å²) >= 11 is 0. The summed E-state index contributed by atoms with van der Waals surface area (Å²) in [5.74, 6) is -3.42. The van der Waals surface area contributed by atoms with Crippen LogP contribution in [0.25, 0.3) is 0 Å². The Morgan fingerprint density at radius 1 is 1.23 bits per heavy atom. The quantitative estimate of drug-likeness (QED) is 0.160. The van der Waals surface area contributed by atoms with E-state index in [4.69, 9.17) is 30.9 Å². The first-order chi connectivity index (χ1) is 13.8. The zero-order chi connectivity index (χ0) is 24.0. The average molecular weight is 516 g/mol. The number of amidine groups is 1. The van der Waals surface area contributed by atoms with Crippen LogP contribution < -0.4 is 11.5 Å². The van der Waals surface area contributed by atoms with Crippen molar-refractivity contribution in [2.24, 2.45) is 16.5 Å². The van der Waals surface area contributed by atoms with Crippen molar-refractivity contribution in [1.82, 2.24) is 4.90 Å². The van der Waals surface area contributed by atoms with E-state index in [0.717, 1.165) is 18.0 Å². The maximum absolute atomic E-state index is 15.2. The number of aliphatic hydroxyl groups excluding tert-OH is 2. The lowest BCUT2D eigenvalue weighted by Gasteiger charge is -2.37. The van der Waals surface area contributed by atoms with Crippen LogP contribution in [-0.4, -0.2) is 77.2 Å². The van der Waals surface area contributed by atoms with Crippen LogP contribution in [0.3, 0.4) is 0 Å². The molecule has 21 heteroatoms. The molecule has 3 unspecified atom stereocenters. The molecule has 0 radical (unpaired) electrons. The Hall–Kier alpha value is -0.810. The summed E-state index contributed by atoms with van der Waals surface area (Å²) in [6.07, 6.45) is -3.25. The lowest BCUT2D eigenvalue weighted by Crippen LogP contribution is -2.61. The molecule has 2 heterocycles. The lowest BCUT2D eigenvalue weighted by atomic mass is 9.92. The van der Waals surface area contributed by atoms with E-state index in [-0.39, 0.29) is 5.84 Å². The number of alkyl halides is 1. The second-order valence-corrected chi connectivity index (χ2v) is 11.0. The predicted octanol–water partition coefficient (Wildman–Crippen LogP) is -2.11. The number of nitrogens with two attached hydrogens (primary N) is 2. The number of aliphatic hydroxyl groups is 2. The fourth-order valence-corrected chi connectivity index (χ4v) is 5.66. The maximum atomic E-state index is 15.2. The van der Waals surface area contributed by atoms with Gasteiger partial charge in [0.15, 0.2) is 6.23 Å². The molecule has 31 heavy (non-hydrogen) atoms. The number of aliphatic imine (C=N–C) groups is 1. The van der Waals surface area contributed by atoms with Gasteiger partial charge in [0, 0.05) is 6.20 Å². The Morgan fingerprint density at radius 2 is 1.81 bits per heavy atom. The molecule has 1 fully saturated rings. The van der Waals surface area contributed by atoms with E-state index in [2.05, 4.69) is 18.1 Å². The largest absolute Gasteiger partial charge is 0.490 e. The molecule has 0 aliphatic carbocycles. The van der Waals surface area contributed by atoms with Crippen LogP contribution in [-0.2, 0) is 31.6 Å². The zero-order valence-corrected chi connectivity index (χ0v) is 18.1. The first kappa shape index (κ1) is 26.4. The zero-order valence-electron chi connectivity index (χ0n) is 15.4. The van der Waals surface area contributed by atoms with E-state index in [1.165, 1.54) is 6.08 Å². The molecule has 2 aliphatic heterocycles. The van der Waals surface area contributed by atoms with E-state index >= 15 is 4.39 Å². The van der Waals surface area contributed by atoms with Crippen molar-refractivity contribution < 1.29 is 65.8 Å². The molecular weight excluding hydrogens is 496 g/mol. The van der Waals surface area contributed by atoms with Gasteiger partial charge < -0.3 is 50.9 Å². The van der Waals surface area contributed by atoms with Crippen molar-refractivity contribution in [3.05, 3.63) is 12.3 Å². The van der Waals surface area contributed by atoms with Gasteiger partial charge in [0.25, 0.3) is 5.85 Å². The van der Waals surface area contributed by atoms with Gasteiger partial charge in [-0.15, -0.1) is 0 Å². The van der Waals surface area contributed by atoms with Gasteiger partial charge in [0.2, 0.25) is 6.35 Å². The van der Waals surface area contributed by atoms with Gasteiger partial charge in [-0.2, -0.15) is 8.62 Å². The van der Waals surface area contributed by atoms with Crippen LogP contribution in [0.1, 0.15) is 6.92 Å². The summed E-state index contributed by atoms with van der Waals surface area (Å²) < 4.78 is 65.0. The summed E-state index contributed by atoms with van der Waals surface area (Å²) in [5.41, 5.74) is 9.31. The van der Waals surface area contributed by atoms with Crippen LogP contribution in [0.15, 0.2) is 17.3 Å². The molecule has 10 N–H and O–H groups in total. The smallest absolute Gasteiger partial charge is 0.385 e. The third-order valence-electron chi connectivity index (χ3n) is 3.90. The molecule has 2 aliphatic rings. The monoisotopic (exact) mass is 516 g/mol.